The van der Waals surface area contributed by atoms with Crippen LogP contribution >= 0.6 is 11.3 Å². The number of nitrogens with zero attached hydrogens (tertiary/aromatic N) is 1. The van der Waals surface area contributed by atoms with E-state index >= 15 is 0 Å². The Kier molecular flexibility index (Phi) is 5.30. The zero-order valence-electron chi connectivity index (χ0n) is 15.8. The Hall–Kier alpha value is -2.32. The quantitative estimate of drug-likeness (QED) is 0.647. The van der Waals surface area contributed by atoms with Crippen molar-refractivity contribution in [3.8, 4) is 11.6 Å². The van der Waals surface area contributed by atoms with Crippen molar-refractivity contribution >= 4 is 22.3 Å². The monoisotopic (exact) mass is 392 g/mol. The lowest BCUT2D eigenvalue weighted by atomic mass is 9.77. The van der Waals surface area contributed by atoms with Gasteiger partial charge < -0.3 is 25.0 Å². The molecule has 0 fully saturated rings. The van der Waals surface area contributed by atoms with Crippen molar-refractivity contribution in [2.24, 2.45) is 5.41 Å². The number of ether oxygens (including phenoxy) is 2. The van der Waals surface area contributed by atoms with Gasteiger partial charge >= 0.3 is 5.97 Å². The summed E-state index contributed by atoms with van der Waals surface area (Å²) in [7, 11) is 2.97. The van der Waals surface area contributed by atoms with Crippen molar-refractivity contribution in [2.75, 3.05) is 19.5 Å². The molecule has 0 bridgehead atoms. The first-order valence-electron chi connectivity index (χ1n) is 8.67. The third-order valence-corrected chi connectivity index (χ3v) is 5.97. The van der Waals surface area contributed by atoms with Crippen molar-refractivity contribution < 1.29 is 24.5 Å². The van der Waals surface area contributed by atoms with Gasteiger partial charge in [0.05, 0.1) is 25.5 Å². The highest BCUT2D eigenvalue weighted by molar-refractivity contribution is 7.16. The molecule has 1 aliphatic rings. The topological polar surface area (TPSA) is 101 Å². The van der Waals surface area contributed by atoms with Gasteiger partial charge in [0, 0.05) is 4.88 Å². The lowest BCUT2D eigenvalue weighted by molar-refractivity contribution is 0.0696. The van der Waals surface area contributed by atoms with Gasteiger partial charge in [-0.15, -0.1) is 11.3 Å². The number of anilines is 1. The SMILES string of the molecule is COc1ccc(C(O)Nc2sc3c(c2C(=O)O)CCC(C)(C)C3)nc1OC. The third-order valence-electron chi connectivity index (χ3n) is 4.80. The Labute approximate surface area is 162 Å². The molecule has 2 aromatic heterocycles. The highest BCUT2D eigenvalue weighted by atomic mass is 32.1. The van der Waals surface area contributed by atoms with Gasteiger partial charge in [-0.25, -0.2) is 9.78 Å². The molecule has 0 saturated carbocycles. The van der Waals surface area contributed by atoms with Gasteiger partial charge in [-0.3, -0.25) is 0 Å². The van der Waals surface area contributed by atoms with E-state index in [1.54, 1.807) is 12.1 Å². The summed E-state index contributed by atoms with van der Waals surface area (Å²) in [6.45, 7) is 4.37. The fraction of sp³-hybridized carbons (Fsp3) is 0.474. The number of aromatic nitrogens is 1. The highest BCUT2D eigenvalue weighted by Crippen LogP contribution is 2.44. The van der Waals surface area contributed by atoms with Crippen molar-refractivity contribution in [3.63, 3.8) is 0 Å². The number of aliphatic hydroxyl groups excluding tert-OH is 1. The van der Waals surface area contributed by atoms with Crippen LogP contribution in [0.25, 0.3) is 0 Å². The minimum atomic E-state index is -1.17. The zero-order valence-corrected chi connectivity index (χ0v) is 16.6. The number of fused-ring (bicyclic) bond motifs is 1. The van der Waals surface area contributed by atoms with Crippen LogP contribution in [0.5, 0.6) is 11.6 Å². The van der Waals surface area contributed by atoms with Gasteiger partial charge in [0.2, 0.25) is 0 Å². The van der Waals surface area contributed by atoms with Gasteiger partial charge in [0.25, 0.3) is 5.88 Å². The van der Waals surface area contributed by atoms with Crippen molar-refractivity contribution in [3.05, 3.63) is 33.8 Å². The molecule has 8 heteroatoms. The Morgan fingerprint density at radius 3 is 2.70 bits per heavy atom. The number of hydrogen-bond donors (Lipinski definition) is 3. The van der Waals surface area contributed by atoms with Gasteiger partial charge in [-0.1, -0.05) is 13.8 Å². The predicted molar refractivity (Wildman–Crippen MR) is 103 cm³/mol. The number of rotatable bonds is 6. The number of hydrogen-bond acceptors (Lipinski definition) is 7. The first kappa shape index (κ1) is 19.4. The maximum Gasteiger partial charge on any atom is 0.338 e. The average molecular weight is 392 g/mol. The van der Waals surface area contributed by atoms with Crippen LogP contribution < -0.4 is 14.8 Å². The minimum Gasteiger partial charge on any atom is -0.491 e. The van der Waals surface area contributed by atoms with E-state index in [0.29, 0.717) is 16.4 Å². The number of methoxy groups -OCH3 is 2. The molecule has 2 heterocycles. The van der Waals surface area contributed by atoms with E-state index in [4.69, 9.17) is 9.47 Å². The second-order valence-electron chi connectivity index (χ2n) is 7.35. The van der Waals surface area contributed by atoms with E-state index in [9.17, 15) is 15.0 Å². The van der Waals surface area contributed by atoms with Gasteiger partial charge in [-0.2, -0.15) is 0 Å². The Morgan fingerprint density at radius 2 is 2.07 bits per heavy atom. The molecule has 0 spiro atoms. The average Bonchev–Trinajstić information content (AvgIpc) is 2.96. The first-order chi connectivity index (χ1) is 12.8. The molecule has 3 rings (SSSR count). The number of carbonyl (C=O) groups is 1. The third kappa shape index (κ3) is 3.86. The molecule has 1 aliphatic carbocycles. The van der Waals surface area contributed by atoms with Crippen molar-refractivity contribution in [2.45, 2.75) is 39.3 Å². The van der Waals surface area contributed by atoms with Gasteiger partial charge in [0.1, 0.15) is 5.00 Å². The van der Waals surface area contributed by atoms with Crippen LogP contribution in [-0.2, 0) is 12.8 Å². The standard InChI is InChI=1S/C19H24N2O5S/c1-19(2)8-7-10-13(9-19)27-17(14(10)18(23)24)21-15(22)11-5-6-12(25-3)16(20-11)26-4/h5-6,15,21-22H,7-9H2,1-4H3,(H,23,24). The van der Waals surface area contributed by atoms with Crippen LogP contribution in [-0.4, -0.2) is 35.4 Å². The summed E-state index contributed by atoms with van der Waals surface area (Å²) in [4.78, 5) is 17.2. The molecule has 1 atom stereocenters. The minimum absolute atomic E-state index is 0.147. The smallest absolute Gasteiger partial charge is 0.338 e. The van der Waals surface area contributed by atoms with Crippen LogP contribution in [0.1, 0.15) is 53.0 Å². The second kappa shape index (κ2) is 7.36. The molecule has 27 heavy (non-hydrogen) atoms. The van der Waals surface area contributed by atoms with E-state index in [2.05, 4.69) is 24.1 Å². The van der Waals surface area contributed by atoms with Crippen molar-refractivity contribution in [1.82, 2.24) is 4.98 Å². The molecule has 0 radical (unpaired) electrons. The van der Waals surface area contributed by atoms with Crippen LogP contribution in [0.3, 0.4) is 0 Å². The summed E-state index contributed by atoms with van der Waals surface area (Å²) in [5.74, 6) is -0.280. The fourth-order valence-electron chi connectivity index (χ4n) is 3.33. The summed E-state index contributed by atoms with van der Waals surface area (Å²) in [6, 6.07) is 3.25. The maximum atomic E-state index is 11.9. The molecule has 2 aromatic rings. The summed E-state index contributed by atoms with van der Waals surface area (Å²) in [5.41, 5.74) is 1.59. The number of aliphatic hydroxyl groups is 1. The second-order valence-corrected chi connectivity index (χ2v) is 8.45. The molecular formula is C19H24N2O5S. The molecule has 0 amide bonds. The van der Waals surface area contributed by atoms with Gasteiger partial charge in [-0.05, 0) is 42.4 Å². The summed E-state index contributed by atoms with van der Waals surface area (Å²) in [6.07, 6.45) is 1.33. The summed E-state index contributed by atoms with van der Waals surface area (Å²) < 4.78 is 10.3. The molecule has 146 valence electrons. The summed E-state index contributed by atoms with van der Waals surface area (Å²) in [5, 5.41) is 23.6. The number of carboxylic acid groups (broad SMARTS) is 1. The van der Waals surface area contributed by atoms with E-state index in [-0.39, 0.29) is 16.9 Å². The Morgan fingerprint density at radius 1 is 1.33 bits per heavy atom. The lowest BCUT2D eigenvalue weighted by Crippen LogP contribution is -2.21. The normalized spacial score (nSPS) is 16.3. The number of carboxylic acids is 1. The molecule has 7 nitrogen and oxygen atoms in total. The van der Waals surface area contributed by atoms with Gasteiger partial charge in [0.15, 0.2) is 12.0 Å². The molecule has 3 N–H and O–H groups in total. The fourth-order valence-corrected chi connectivity index (χ4v) is 4.85. The predicted octanol–water partition coefficient (Wildman–Crippen LogP) is 3.48. The van der Waals surface area contributed by atoms with Crippen LogP contribution in [0.2, 0.25) is 0 Å². The number of thiophene rings is 1. The van der Waals surface area contributed by atoms with E-state index in [1.807, 2.05) is 0 Å². The van der Waals surface area contributed by atoms with E-state index in [1.165, 1.54) is 25.6 Å². The van der Waals surface area contributed by atoms with Crippen LogP contribution in [0, 0.1) is 5.41 Å². The van der Waals surface area contributed by atoms with E-state index in [0.717, 1.165) is 29.7 Å². The zero-order chi connectivity index (χ0) is 19.8. The highest BCUT2D eigenvalue weighted by Gasteiger charge is 2.33. The Bertz CT molecular complexity index is 862. The number of aromatic carboxylic acids is 1. The Balaban J connectivity index is 1.91. The maximum absolute atomic E-state index is 11.9. The largest absolute Gasteiger partial charge is 0.491 e. The molecule has 1 unspecified atom stereocenters. The molecule has 0 saturated heterocycles. The van der Waals surface area contributed by atoms with E-state index < -0.39 is 12.2 Å². The molecular weight excluding hydrogens is 368 g/mol. The molecule has 0 aromatic carbocycles. The summed E-state index contributed by atoms with van der Waals surface area (Å²) >= 11 is 1.40. The van der Waals surface area contributed by atoms with Crippen LogP contribution in [0.15, 0.2) is 12.1 Å². The van der Waals surface area contributed by atoms with Crippen molar-refractivity contribution in [1.29, 1.82) is 0 Å². The number of pyridine rings is 1. The molecule has 0 aliphatic heterocycles. The lowest BCUT2D eigenvalue weighted by Gasteiger charge is -2.29. The number of nitrogens with one attached hydrogen (secondary N) is 1. The van der Waals surface area contributed by atoms with Crippen LogP contribution in [0.4, 0.5) is 5.00 Å². The first-order valence-corrected chi connectivity index (χ1v) is 9.48.